The molecule has 1 fully saturated rings. The van der Waals surface area contributed by atoms with Crippen LogP contribution in [-0.2, 0) is 12.8 Å². The van der Waals surface area contributed by atoms with Gasteiger partial charge in [0.05, 0.1) is 0 Å². The van der Waals surface area contributed by atoms with Crippen LogP contribution >= 0.6 is 0 Å². The molecule has 1 unspecified atom stereocenters. The largest absolute Gasteiger partial charge is 0.354 e. The first-order valence-corrected chi connectivity index (χ1v) is 7.90. The lowest BCUT2D eigenvalue weighted by atomic mass is 9.84. The average molecular weight is 262 g/mol. The van der Waals surface area contributed by atoms with Crippen LogP contribution in [0.15, 0.2) is 0 Å². The number of nitrogens with one attached hydrogen (secondary N) is 2. The van der Waals surface area contributed by atoms with Gasteiger partial charge in [-0.2, -0.15) is 5.10 Å². The predicted octanol–water partition coefficient (Wildman–Crippen LogP) is 2.11. The van der Waals surface area contributed by atoms with Crippen LogP contribution in [0.1, 0.15) is 43.9 Å². The van der Waals surface area contributed by atoms with Gasteiger partial charge in [-0.15, -0.1) is 0 Å². The number of hydrogen-bond donors (Lipinski definition) is 2. The van der Waals surface area contributed by atoms with Gasteiger partial charge in [-0.25, -0.2) is 0 Å². The van der Waals surface area contributed by atoms with Crippen molar-refractivity contribution >= 4 is 5.82 Å². The molecule has 2 N–H and O–H groups in total. The van der Waals surface area contributed by atoms with E-state index in [2.05, 4.69) is 27.3 Å². The number of nitrogens with zero attached hydrogens (tertiary/aromatic N) is 2. The molecule has 1 aliphatic carbocycles. The molecule has 4 heteroatoms. The van der Waals surface area contributed by atoms with Crippen LogP contribution in [0.3, 0.4) is 0 Å². The molecule has 0 bridgehead atoms. The summed E-state index contributed by atoms with van der Waals surface area (Å²) in [6.07, 6.45) is 7.66. The molecule has 1 atom stereocenters. The summed E-state index contributed by atoms with van der Waals surface area (Å²) in [6, 6.07) is 0. The number of hydrogen-bond acceptors (Lipinski definition) is 3. The fourth-order valence-corrected chi connectivity index (χ4v) is 3.52. The van der Waals surface area contributed by atoms with Crippen LogP contribution in [-0.4, -0.2) is 36.4 Å². The van der Waals surface area contributed by atoms with E-state index in [0.717, 1.165) is 32.1 Å². The Bertz CT molecular complexity index is 404. The van der Waals surface area contributed by atoms with Crippen molar-refractivity contribution in [2.24, 2.45) is 5.92 Å². The normalized spacial score (nSPS) is 24.1. The van der Waals surface area contributed by atoms with Gasteiger partial charge >= 0.3 is 0 Å². The molecule has 2 aliphatic rings. The number of anilines is 1. The second kappa shape index (κ2) is 5.95. The summed E-state index contributed by atoms with van der Waals surface area (Å²) in [4.78, 5) is 2.48. The monoisotopic (exact) mass is 262 g/mol. The first kappa shape index (κ1) is 13.0. The van der Waals surface area contributed by atoms with E-state index in [1.807, 2.05) is 0 Å². The minimum absolute atomic E-state index is 0.874. The molecule has 0 aromatic carbocycles. The van der Waals surface area contributed by atoms with E-state index in [1.165, 1.54) is 55.6 Å². The molecular formula is C15H26N4. The topological polar surface area (TPSA) is 44.0 Å². The van der Waals surface area contributed by atoms with Crippen molar-refractivity contribution in [1.82, 2.24) is 15.5 Å². The molecule has 0 amide bonds. The lowest BCUT2D eigenvalue weighted by Crippen LogP contribution is -2.29. The van der Waals surface area contributed by atoms with Crippen LogP contribution < -0.4 is 10.2 Å². The van der Waals surface area contributed by atoms with Crippen molar-refractivity contribution in [3.8, 4) is 0 Å². The first-order chi connectivity index (χ1) is 9.38. The lowest BCUT2D eigenvalue weighted by Gasteiger charge is -2.26. The highest BCUT2D eigenvalue weighted by atomic mass is 15.3. The summed E-state index contributed by atoms with van der Waals surface area (Å²) in [7, 11) is 0. The third-order valence-corrected chi connectivity index (χ3v) is 4.56. The third kappa shape index (κ3) is 2.78. The fraction of sp³-hybridized carbons (Fsp3) is 0.800. The van der Waals surface area contributed by atoms with Crippen LogP contribution in [0, 0.1) is 5.92 Å². The van der Waals surface area contributed by atoms with Crippen molar-refractivity contribution in [1.29, 1.82) is 0 Å². The molecule has 0 saturated carbocycles. The minimum Gasteiger partial charge on any atom is -0.354 e. The van der Waals surface area contributed by atoms with Gasteiger partial charge in [0.15, 0.2) is 5.82 Å². The van der Waals surface area contributed by atoms with E-state index in [0.29, 0.717) is 0 Å². The Balaban J connectivity index is 1.77. The predicted molar refractivity (Wildman–Crippen MR) is 78.7 cm³/mol. The van der Waals surface area contributed by atoms with Gasteiger partial charge in [-0.1, -0.05) is 19.8 Å². The van der Waals surface area contributed by atoms with E-state index >= 15 is 0 Å². The van der Waals surface area contributed by atoms with Gasteiger partial charge < -0.3 is 10.2 Å². The van der Waals surface area contributed by atoms with Gasteiger partial charge in [0.25, 0.3) is 0 Å². The molecule has 3 rings (SSSR count). The second-order valence-corrected chi connectivity index (χ2v) is 5.99. The highest BCUT2D eigenvalue weighted by Gasteiger charge is 2.26. The Labute approximate surface area is 116 Å². The number of aryl methyl sites for hydroxylation is 1. The maximum atomic E-state index is 4.63. The van der Waals surface area contributed by atoms with Gasteiger partial charge in [0.2, 0.25) is 0 Å². The summed E-state index contributed by atoms with van der Waals surface area (Å²) in [5, 5.41) is 11.4. The molecule has 19 heavy (non-hydrogen) atoms. The maximum absolute atomic E-state index is 4.63. The Hall–Kier alpha value is -1.03. The van der Waals surface area contributed by atoms with Crippen molar-refractivity contribution < 1.29 is 0 Å². The average Bonchev–Trinajstić information content (AvgIpc) is 2.66. The zero-order valence-electron chi connectivity index (χ0n) is 12.0. The van der Waals surface area contributed by atoms with Crippen molar-refractivity contribution in [2.75, 3.05) is 31.1 Å². The Kier molecular flexibility index (Phi) is 4.06. The zero-order chi connectivity index (χ0) is 13.1. The second-order valence-electron chi connectivity index (χ2n) is 5.99. The summed E-state index contributed by atoms with van der Waals surface area (Å²) >= 11 is 0. The number of rotatable bonds is 3. The summed E-state index contributed by atoms with van der Waals surface area (Å²) in [5.41, 5.74) is 2.92. The van der Waals surface area contributed by atoms with Gasteiger partial charge in [-0.05, 0) is 38.1 Å². The minimum atomic E-state index is 0.874. The van der Waals surface area contributed by atoms with E-state index < -0.39 is 0 Å². The SMILES string of the molecule is CCCC1CCc2[nH]nc(N3CCCNCC3)c2C1. The molecule has 106 valence electrons. The van der Waals surface area contributed by atoms with E-state index in [4.69, 9.17) is 0 Å². The van der Waals surface area contributed by atoms with Crippen LogP contribution in [0.5, 0.6) is 0 Å². The quantitative estimate of drug-likeness (QED) is 0.877. The van der Waals surface area contributed by atoms with Gasteiger partial charge in [-0.3, -0.25) is 5.10 Å². The number of aromatic nitrogens is 2. The van der Waals surface area contributed by atoms with Crippen molar-refractivity contribution in [3.63, 3.8) is 0 Å². The number of aromatic amines is 1. The Morgan fingerprint density at radius 1 is 1.32 bits per heavy atom. The van der Waals surface area contributed by atoms with Gasteiger partial charge in [0.1, 0.15) is 0 Å². The molecular weight excluding hydrogens is 236 g/mol. The summed E-state index contributed by atoms with van der Waals surface area (Å²) in [5.74, 6) is 2.12. The van der Waals surface area contributed by atoms with Crippen molar-refractivity contribution in [2.45, 2.75) is 45.4 Å². The maximum Gasteiger partial charge on any atom is 0.153 e. The first-order valence-electron chi connectivity index (χ1n) is 7.90. The number of fused-ring (bicyclic) bond motifs is 1. The molecule has 0 spiro atoms. The molecule has 1 aromatic rings. The molecule has 0 radical (unpaired) electrons. The van der Waals surface area contributed by atoms with Crippen LogP contribution in [0.4, 0.5) is 5.82 Å². The molecule has 2 heterocycles. The highest BCUT2D eigenvalue weighted by molar-refractivity contribution is 5.50. The summed E-state index contributed by atoms with van der Waals surface area (Å²) in [6.45, 7) is 6.76. The molecule has 1 saturated heterocycles. The van der Waals surface area contributed by atoms with E-state index in [-0.39, 0.29) is 0 Å². The van der Waals surface area contributed by atoms with E-state index in [9.17, 15) is 0 Å². The standard InChI is InChI=1S/C15H26N4/c1-2-4-12-5-6-14-13(11-12)15(18-17-14)19-9-3-7-16-8-10-19/h12,16H,2-11H2,1H3,(H,17,18). The Morgan fingerprint density at radius 2 is 2.26 bits per heavy atom. The molecule has 1 aromatic heterocycles. The van der Waals surface area contributed by atoms with E-state index in [1.54, 1.807) is 0 Å². The fourth-order valence-electron chi connectivity index (χ4n) is 3.52. The van der Waals surface area contributed by atoms with Crippen molar-refractivity contribution in [3.05, 3.63) is 11.3 Å². The van der Waals surface area contributed by atoms with Crippen LogP contribution in [0.25, 0.3) is 0 Å². The van der Waals surface area contributed by atoms with Crippen LogP contribution in [0.2, 0.25) is 0 Å². The Morgan fingerprint density at radius 3 is 3.16 bits per heavy atom. The third-order valence-electron chi connectivity index (χ3n) is 4.56. The lowest BCUT2D eigenvalue weighted by molar-refractivity contribution is 0.420. The highest BCUT2D eigenvalue weighted by Crippen LogP contribution is 2.33. The molecule has 1 aliphatic heterocycles. The van der Waals surface area contributed by atoms with Gasteiger partial charge in [0, 0.05) is 30.9 Å². The molecule has 4 nitrogen and oxygen atoms in total. The smallest absolute Gasteiger partial charge is 0.153 e. The zero-order valence-corrected chi connectivity index (χ0v) is 12.0. The summed E-state index contributed by atoms with van der Waals surface area (Å²) < 4.78 is 0. The number of H-pyrrole nitrogens is 1.